The van der Waals surface area contributed by atoms with E-state index in [1.54, 1.807) is 0 Å². The van der Waals surface area contributed by atoms with Crippen LogP contribution in [0.15, 0.2) is 18.2 Å². The SMILES string of the molecule is Cc1cc(Cl)c2cc(C3CCCOC3)c(C3COC3)nc2c1. The maximum atomic E-state index is 6.46. The topological polar surface area (TPSA) is 31.4 Å². The lowest BCUT2D eigenvalue weighted by atomic mass is 9.86. The standard InChI is InChI=1S/C18H20ClNO2/c1-11-5-16(19)15-7-14(12-3-2-4-21-8-12)18(13-9-22-10-13)20-17(15)6-11/h5-7,12-13H,2-4,8-10H2,1H3. The van der Waals surface area contributed by atoms with Gasteiger partial charge >= 0.3 is 0 Å². The Bertz CT molecular complexity index is 706. The van der Waals surface area contributed by atoms with Crippen molar-refractivity contribution < 1.29 is 9.47 Å². The molecule has 3 heterocycles. The minimum Gasteiger partial charge on any atom is -0.381 e. The third-order valence-corrected chi connectivity index (χ3v) is 5.03. The van der Waals surface area contributed by atoms with Crippen molar-refractivity contribution in [2.45, 2.75) is 31.6 Å². The molecule has 2 aliphatic heterocycles. The van der Waals surface area contributed by atoms with Crippen molar-refractivity contribution in [3.8, 4) is 0 Å². The Morgan fingerprint density at radius 1 is 1.09 bits per heavy atom. The van der Waals surface area contributed by atoms with E-state index >= 15 is 0 Å². The zero-order valence-electron chi connectivity index (χ0n) is 12.8. The van der Waals surface area contributed by atoms with Gasteiger partial charge in [-0.15, -0.1) is 0 Å². The van der Waals surface area contributed by atoms with Crippen molar-refractivity contribution in [1.29, 1.82) is 0 Å². The van der Waals surface area contributed by atoms with Crippen LogP contribution in [0.2, 0.25) is 5.02 Å². The molecule has 2 aromatic rings. The first-order chi connectivity index (χ1) is 10.7. The fourth-order valence-electron chi connectivity index (χ4n) is 3.43. The quantitative estimate of drug-likeness (QED) is 0.831. The van der Waals surface area contributed by atoms with Gasteiger partial charge in [-0.2, -0.15) is 0 Å². The summed E-state index contributed by atoms with van der Waals surface area (Å²) in [7, 11) is 0. The Morgan fingerprint density at radius 2 is 1.91 bits per heavy atom. The summed E-state index contributed by atoms with van der Waals surface area (Å²) in [5, 5.41) is 1.84. The van der Waals surface area contributed by atoms with E-state index in [0.29, 0.717) is 11.8 Å². The van der Waals surface area contributed by atoms with Crippen LogP contribution < -0.4 is 0 Å². The highest BCUT2D eigenvalue weighted by molar-refractivity contribution is 6.35. The van der Waals surface area contributed by atoms with Crippen LogP contribution in [0.5, 0.6) is 0 Å². The van der Waals surface area contributed by atoms with Gasteiger partial charge in [-0.1, -0.05) is 11.6 Å². The molecular weight excluding hydrogens is 298 g/mol. The molecule has 1 aromatic carbocycles. The highest BCUT2D eigenvalue weighted by Gasteiger charge is 2.29. The van der Waals surface area contributed by atoms with E-state index in [0.717, 1.165) is 60.8 Å². The van der Waals surface area contributed by atoms with Gasteiger partial charge in [-0.05, 0) is 49.1 Å². The van der Waals surface area contributed by atoms with Gasteiger partial charge in [0.1, 0.15) is 0 Å². The molecule has 0 N–H and O–H groups in total. The van der Waals surface area contributed by atoms with Crippen LogP contribution in [0.25, 0.3) is 10.9 Å². The number of hydrogen-bond donors (Lipinski definition) is 0. The molecule has 3 nitrogen and oxygen atoms in total. The molecule has 4 rings (SSSR count). The van der Waals surface area contributed by atoms with Crippen molar-refractivity contribution in [1.82, 2.24) is 4.98 Å². The molecule has 2 fully saturated rings. The van der Waals surface area contributed by atoms with Crippen LogP contribution in [0.3, 0.4) is 0 Å². The normalized spacial score (nSPS) is 22.7. The van der Waals surface area contributed by atoms with Crippen molar-refractivity contribution in [2.75, 3.05) is 26.4 Å². The average molecular weight is 318 g/mol. The Labute approximate surface area is 135 Å². The molecule has 0 bridgehead atoms. The van der Waals surface area contributed by atoms with Crippen LogP contribution in [0.1, 0.15) is 41.5 Å². The summed E-state index contributed by atoms with van der Waals surface area (Å²) < 4.78 is 11.1. The molecule has 0 radical (unpaired) electrons. The van der Waals surface area contributed by atoms with E-state index in [1.807, 2.05) is 6.07 Å². The van der Waals surface area contributed by atoms with Crippen LogP contribution in [0, 0.1) is 6.92 Å². The van der Waals surface area contributed by atoms with E-state index in [1.165, 1.54) is 11.3 Å². The minimum absolute atomic E-state index is 0.417. The molecule has 0 amide bonds. The number of halogens is 1. The summed E-state index contributed by atoms with van der Waals surface area (Å²) in [4.78, 5) is 4.97. The van der Waals surface area contributed by atoms with Gasteiger partial charge in [0.05, 0.1) is 36.1 Å². The third-order valence-electron chi connectivity index (χ3n) is 4.71. The molecule has 22 heavy (non-hydrogen) atoms. The highest BCUT2D eigenvalue weighted by Crippen LogP contribution is 2.37. The summed E-state index contributed by atoms with van der Waals surface area (Å²) in [6, 6.07) is 6.38. The summed E-state index contributed by atoms with van der Waals surface area (Å²) in [5.74, 6) is 0.847. The third kappa shape index (κ3) is 2.51. The Balaban J connectivity index is 1.87. The predicted molar refractivity (Wildman–Crippen MR) is 87.8 cm³/mol. The molecule has 0 spiro atoms. The van der Waals surface area contributed by atoms with E-state index in [4.69, 9.17) is 26.1 Å². The van der Waals surface area contributed by atoms with Gasteiger partial charge in [-0.3, -0.25) is 4.98 Å². The summed E-state index contributed by atoms with van der Waals surface area (Å²) >= 11 is 6.46. The second-order valence-electron chi connectivity index (χ2n) is 6.42. The van der Waals surface area contributed by atoms with Crippen molar-refractivity contribution >= 4 is 22.5 Å². The van der Waals surface area contributed by atoms with Gasteiger partial charge < -0.3 is 9.47 Å². The second-order valence-corrected chi connectivity index (χ2v) is 6.83. The zero-order chi connectivity index (χ0) is 15.1. The van der Waals surface area contributed by atoms with Crippen LogP contribution in [-0.2, 0) is 9.47 Å². The van der Waals surface area contributed by atoms with Crippen molar-refractivity contribution in [2.24, 2.45) is 0 Å². The zero-order valence-corrected chi connectivity index (χ0v) is 13.5. The van der Waals surface area contributed by atoms with E-state index in [2.05, 4.69) is 19.1 Å². The highest BCUT2D eigenvalue weighted by atomic mass is 35.5. The smallest absolute Gasteiger partial charge is 0.0723 e. The molecule has 2 aliphatic rings. The first-order valence-corrected chi connectivity index (χ1v) is 8.36. The average Bonchev–Trinajstić information content (AvgIpc) is 2.45. The van der Waals surface area contributed by atoms with Gasteiger partial charge in [0.25, 0.3) is 0 Å². The Morgan fingerprint density at radius 3 is 2.59 bits per heavy atom. The monoisotopic (exact) mass is 317 g/mol. The number of rotatable bonds is 2. The lowest BCUT2D eigenvalue weighted by molar-refractivity contribution is 0.00566. The van der Waals surface area contributed by atoms with Crippen LogP contribution >= 0.6 is 11.6 Å². The predicted octanol–water partition coefficient (Wildman–Crippen LogP) is 4.20. The van der Waals surface area contributed by atoms with Crippen LogP contribution in [0.4, 0.5) is 0 Å². The summed E-state index contributed by atoms with van der Waals surface area (Å²) in [5.41, 5.74) is 4.64. The molecule has 116 valence electrons. The maximum absolute atomic E-state index is 6.46. The Kier molecular flexibility index (Phi) is 3.81. The molecule has 1 aromatic heterocycles. The number of aryl methyl sites for hydroxylation is 1. The molecule has 4 heteroatoms. The van der Waals surface area contributed by atoms with Crippen molar-refractivity contribution in [3.05, 3.63) is 40.0 Å². The maximum Gasteiger partial charge on any atom is 0.0723 e. The second kappa shape index (κ2) is 5.80. The van der Waals surface area contributed by atoms with Gasteiger partial charge in [-0.25, -0.2) is 0 Å². The first-order valence-electron chi connectivity index (χ1n) is 7.98. The Hall–Kier alpha value is -1.16. The summed E-state index contributed by atoms with van der Waals surface area (Å²) in [6.07, 6.45) is 2.28. The molecule has 0 saturated carbocycles. The number of pyridine rings is 1. The first kappa shape index (κ1) is 14.4. The summed E-state index contributed by atoms with van der Waals surface area (Å²) in [6.45, 7) is 5.27. The fraction of sp³-hybridized carbons (Fsp3) is 0.500. The van der Waals surface area contributed by atoms with E-state index in [9.17, 15) is 0 Å². The number of hydrogen-bond acceptors (Lipinski definition) is 3. The van der Waals surface area contributed by atoms with E-state index in [-0.39, 0.29) is 0 Å². The number of nitrogens with zero attached hydrogens (tertiary/aromatic N) is 1. The molecule has 2 saturated heterocycles. The molecule has 1 atom stereocenters. The molecule has 0 aliphatic carbocycles. The largest absolute Gasteiger partial charge is 0.381 e. The van der Waals surface area contributed by atoms with Gasteiger partial charge in [0, 0.05) is 23.8 Å². The lowest BCUT2D eigenvalue weighted by Crippen LogP contribution is -2.29. The fourth-order valence-corrected chi connectivity index (χ4v) is 3.75. The number of aromatic nitrogens is 1. The van der Waals surface area contributed by atoms with Gasteiger partial charge in [0.2, 0.25) is 0 Å². The lowest BCUT2D eigenvalue weighted by Gasteiger charge is -2.31. The number of fused-ring (bicyclic) bond motifs is 1. The molecular formula is C18H20ClNO2. The number of benzene rings is 1. The number of ether oxygens (including phenoxy) is 2. The van der Waals surface area contributed by atoms with Crippen LogP contribution in [-0.4, -0.2) is 31.4 Å². The van der Waals surface area contributed by atoms with Gasteiger partial charge in [0.15, 0.2) is 0 Å². The van der Waals surface area contributed by atoms with Crippen molar-refractivity contribution in [3.63, 3.8) is 0 Å². The molecule has 1 unspecified atom stereocenters. The van der Waals surface area contributed by atoms with E-state index < -0.39 is 0 Å². The minimum atomic E-state index is 0.417.